The first-order valence-electron chi connectivity index (χ1n) is 3.98. The molecule has 2 atom stereocenters. The molecule has 0 saturated heterocycles. The minimum absolute atomic E-state index is 0.222. The molecule has 0 fully saturated rings. The van der Waals surface area contributed by atoms with Crippen LogP contribution in [-0.2, 0) is 9.53 Å². The summed E-state index contributed by atoms with van der Waals surface area (Å²) in [5, 5.41) is 9.46. The van der Waals surface area contributed by atoms with Crippen molar-refractivity contribution in [2.75, 3.05) is 0 Å². The van der Waals surface area contributed by atoms with E-state index in [1.54, 1.807) is 0 Å². The zero-order valence-corrected chi connectivity index (χ0v) is 7.57. The molecule has 0 saturated carbocycles. The quantitative estimate of drug-likeness (QED) is 0.549. The smallest absolute Gasteiger partial charge is 0.330 e. The first kappa shape index (κ1) is 9.26. The lowest BCUT2D eigenvalue weighted by atomic mass is 9.85. The second kappa shape index (κ2) is 2.90. The number of aliphatic hydroxyl groups excluding tert-OH is 1. The molecule has 0 amide bonds. The van der Waals surface area contributed by atoms with Gasteiger partial charge in [-0.2, -0.15) is 0 Å². The molecule has 68 valence electrons. The normalized spacial score (nSPS) is 30.2. The van der Waals surface area contributed by atoms with Crippen molar-refractivity contribution in [3.63, 3.8) is 0 Å². The van der Waals surface area contributed by atoms with Crippen LogP contribution < -0.4 is 0 Å². The topological polar surface area (TPSA) is 46.5 Å². The number of carbonyl (C=O) groups is 1. The third-order valence-electron chi connectivity index (χ3n) is 1.84. The van der Waals surface area contributed by atoms with Gasteiger partial charge < -0.3 is 9.84 Å². The summed E-state index contributed by atoms with van der Waals surface area (Å²) in [6, 6.07) is 0. The lowest BCUT2D eigenvalue weighted by molar-refractivity contribution is -0.158. The molecule has 3 heteroatoms. The van der Waals surface area contributed by atoms with Gasteiger partial charge in [0.15, 0.2) is 0 Å². The standard InChI is InChI=1S/C9H14O3/c1-9(2,3)8-6(10)4-5-7(11)12-8/h4-6,8,10H,1-3H3/t6-,8?/m0/s1. The minimum Gasteiger partial charge on any atom is -0.456 e. The van der Waals surface area contributed by atoms with E-state index in [4.69, 9.17) is 4.74 Å². The van der Waals surface area contributed by atoms with Gasteiger partial charge in [0.25, 0.3) is 0 Å². The molecular formula is C9H14O3. The molecule has 1 heterocycles. The number of hydrogen-bond acceptors (Lipinski definition) is 3. The minimum atomic E-state index is -0.678. The van der Waals surface area contributed by atoms with E-state index in [1.807, 2.05) is 20.8 Å². The summed E-state index contributed by atoms with van der Waals surface area (Å²) in [5.41, 5.74) is -0.222. The second-order valence-corrected chi connectivity index (χ2v) is 4.07. The summed E-state index contributed by atoms with van der Waals surface area (Å²) < 4.78 is 4.99. The van der Waals surface area contributed by atoms with Gasteiger partial charge in [0.05, 0.1) is 0 Å². The Labute approximate surface area is 72.0 Å². The maximum atomic E-state index is 10.8. The Hall–Kier alpha value is -0.830. The highest BCUT2D eigenvalue weighted by Gasteiger charge is 2.35. The van der Waals surface area contributed by atoms with Crippen molar-refractivity contribution in [3.8, 4) is 0 Å². The third kappa shape index (κ3) is 1.85. The molecule has 0 aromatic rings. The van der Waals surface area contributed by atoms with Crippen LogP contribution in [0.1, 0.15) is 20.8 Å². The maximum absolute atomic E-state index is 10.8. The van der Waals surface area contributed by atoms with Crippen LogP contribution in [-0.4, -0.2) is 23.3 Å². The lowest BCUT2D eigenvalue weighted by Crippen LogP contribution is -2.42. The first-order chi connectivity index (χ1) is 5.41. The van der Waals surface area contributed by atoms with Crippen molar-refractivity contribution in [2.24, 2.45) is 5.41 Å². The SMILES string of the molecule is CC(C)(C)C1OC(=O)C=C[C@@H]1O. The Kier molecular flexibility index (Phi) is 2.24. The number of cyclic esters (lactones) is 1. The van der Waals surface area contributed by atoms with Gasteiger partial charge in [-0.15, -0.1) is 0 Å². The Balaban J connectivity index is 2.79. The van der Waals surface area contributed by atoms with E-state index in [-0.39, 0.29) is 11.4 Å². The number of aliphatic hydroxyl groups is 1. The number of ether oxygens (including phenoxy) is 1. The van der Waals surface area contributed by atoms with Crippen molar-refractivity contribution in [1.29, 1.82) is 0 Å². The van der Waals surface area contributed by atoms with Gasteiger partial charge in [0.1, 0.15) is 12.2 Å². The van der Waals surface area contributed by atoms with E-state index in [2.05, 4.69) is 0 Å². The molecular weight excluding hydrogens is 156 g/mol. The summed E-state index contributed by atoms with van der Waals surface area (Å²) in [6.07, 6.45) is 1.62. The monoisotopic (exact) mass is 170 g/mol. The fourth-order valence-corrected chi connectivity index (χ4v) is 1.20. The van der Waals surface area contributed by atoms with Gasteiger partial charge in [-0.3, -0.25) is 0 Å². The fourth-order valence-electron chi connectivity index (χ4n) is 1.20. The van der Waals surface area contributed by atoms with E-state index >= 15 is 0 Å². The molecule has 0 aromatic heterocycles. The van der Waals surface area contributed by atoms with E-state index in [0.29, 0.717) is 0 Å². The van der Waals surface area contributed by atoms with Gasteiger partial charge in [-0.1, -0.05) is 20.8 Å². The highest BCUT2D eigenvalue weighted by atomic mass is 16.6. The van der Waals surface area contributed by atoms with Crippen molar-refractivity contribution < 1.29 is 14.6 Å². The van der Waals surface area contributed by atoms with Crippen LogP contribution in [0.15, 0.2) is 12.2 Å². The molecule has 0 spiro atoms. The van der Waals surface area contributed by atoms with Crippen molar-refractivity contribution >= 4 is 5.97 Å². The van der Waals surface area contributed by atoms with E-state index < -0.39 is 12.2 Å². The third-order valence-corrected chi connectivity index (χ3v) is 1.84. The Bertz CT molecular complexity index is 212. The Morgan fingerprint density at radius 1 is 1.50 bits per heavy atom. The van der Waals surface area contributed by atoms with Crippen LogP contribution in [0.25, 0.3) is 0 Å². The molecule has 1 aliphatic heterocycles. The van der Waals surface area contributed by atoms with Crippen LogP contribution in [0.2, 0.25) is 0 Å². The molecule has 0 radical (unpaired) electrons. The van der Waals surface area contributed by atoms with E-state index in [0.717, 1.165) is 0 Å². The van der Waals surface area contributed by atoms with Gasteiger partial charge >= 0.3 is 5.97 Å². The van der Waals surface area contributed by atoms with Crippen LogP contribution in [0, 0.1) is 5.41 Å². The molecule has 1 unspecified atom stereocenters. The average Bonchev–Trinajstić information content (AvgIpc) is 1.92. The second-order valence-electron chi connectivity index (χ2n) is 4.07. The molecule has 1 aliphatic rings. The fraction of sp³-hybridized carbons (Fsp3) is 0.667. The molecule has 1 rings (SSSR count). The van der Waals surface area contributed by atoms with Crippen LogP contribution in [0.5, 0.6) is 0 Å². The largest absolute Gasteiger partial charge is 0.456 e. The highest BCUT2D eigenvalue weighted by Crippen LogP contribution is 2.27. The van der Waals surface area contributed by atoms with E-state index in [9.17, 15) is 9.90 Å². The molecule has 1 N–H and O–H groups in total. The van der Waals surface area contributed by atoms with Gasteiger partial charge in [-0.25, -0.2) is 4.79 Å². The van der Waals surface area contributed by atoms with E-state index in [1.165, 1.54) is 12.2 Å². The Morgan fingerprint density at radius 2 is 2.08 bits per heavy atom. The predicted octanol–water partition coefficient (Wildman–Crippen LogP) is 0.875. The number of esters is 1. The summed E-state index contributed by atoms with van der Waals surface area (Å²) in [6.45, 7) is 5.77. The summed E-state index contributed by atoms with van der Waals surface area (Å²) in [5.74, 6) is -0.375. The zero-order valence-electron chi connectivity index (χ0n) is 7.57. The lowest BCUT2D eigenvalue weighted by Gasteiger charge is -2.34. The zero-order chi connectivity index (χ0) is 9.35. The van der Waals surface area contributed by atoms with Crippen LogP contribution in [0.3, 0.4) is 0 Å². The van der Waals surface area contributed by atoms with Gasteiger partial charge in [-0.05, 0) is 6.08 Å². The number of hydrogen-bond donors (Lipinski definition) is 1. The number of carbonyl (C=O) groups excluding carboxylic acids is 1. The average molecular weight is 170 g/mol. The molecule has 3 nitrogen and oxygen atoms in total. The van der Waals surface area contributed by atoms with Crippen LogP contribution in [0.4, 0.5) is 0 Å². The summed E-state index contributed by atoms with van der Waals surface area (Å²) in [4.78, 5) is 10.8. The van der Waals surface area contributed by atoms with Crippen molar-refractivity contribution in [2.45, 2.75) is 33.0 Å². The van der Waals surface area contributed by atoms with Crippen molar-refractivity contribution in [1.82, 2.24) is 0 Å². The molecule has 12 heavy (non-hydrogen) atoms. The van der Waals surface area contributed by atoms with Crippen molar-refractivity contribution in [3.05, 3.63) is 12.2 Å². The molecule has 0 aliphatic carbocycles. The van der Waals surface area contributed by atoms with Gasteiger partial charge in [0, 0.05) is 11.5 Å². The highest BCUT2D eigenvalue weighted by molar-refractivity contribution is 5.83. The predicted molar refractivity (Wildman–Crippen MR) is 44.5 cm³/mol. The molecule has 0 bridgehead atoms. The number of rotatable bonds is 0. The van der Waals surface area contributed by atoms with Gasteiger partial charge in [0.2, 0.25) is 0 Å². The molecule has 0 aromatic carbocycles. The Morgan fingerprint density at radius 3 is 2.50 bits per heavy atom. The van der Waals surface area contributed by atoms with Crippen LogP contribution >= 0.6 is 0 Å². The first-order valence-corrected chi connectivity index (χ1v) is 3.98. The summed E-state index contributed by atoms with van der Waals surface area (Å²) in [7, 11) is 0. The maximum Gasteiger partial charge on any atom is 0.330 e. The summed E-state index contributed by atoms with van der Waals surface area (Å²) >= 11 is 0.